The molecule has 0 spiro atoms. The lowest BCUT2D eigenvalue weighted by molar-refractivity contribution is 0.191. The van der Waals surface area contributed by atoms with Crippen LogP contribution in [0.15, 0.2) is 48.7 Å². The van der Waals surface area contributed by atoms with Gasteiger partial charge in [-0.1, -0.05) is 30.3 Å². The van der Waals surface area contributed by atoms with Crippen LogP contribution >= 0.6 is 0 Å². The van der Waals surface area contributed by atoms with Crippen LogP contribution in [0.1, 0.15) is 22.9 Å². The first-order valence-electron chi connectivity index (χ1n) is 7.30. The molecule has 0 aliphatic carbocycles. The highest BCUT2D eigenvalue weighted by Gasteiger charge is 2.25. The Balaban J connectivity index is 1.71. The van der Waals surface area contributed by atoms with E-state index in [-0.39, 0.29) is 0 Å². The number of hydrogen-bond acceptors (Lipinski definition) is 3. The second kappa shape index (κ2) is 6.16. The van der Waals surface area contributed by atoms with Gasteiger partial charge in [0.2, 0.25) is 0 Å². The van der Waals surface area contributed by atoms with Crippen LogP contribution in [0.25, 0.3) is 0 Å². The highest BCUT2D eigenvalue weighted by atomic mass is 15.2. The Labute approximate surface area is 120 Å². The summed E-state index contributed by atoms with van der Waals surface area (Å²) < 4.78 is 0. The smallest absolute Gasteiger partial charge is 0.0473 e. The van der Waals surface area contributed by atoms with Crippen LogP contribution in [0.3, 0.4) is 0 Å². The Morgan fingerprint density at radius 2 is 2.00 bits per heavy atom. The van der Waals surface area contributed by atoms with Crippen LogP contribution in [0.4, 0.5) is 0 Å². The molecule has 2 heterocycles. The van der Waals surface area contributed by atoms with Gasteiger partial charge in [0.1, 0.15) is 0 Å². The maximum atomic E-state index is 6.02. The predicted octanol–water partition coefficient (Wildman–Crippen LogP) is 2.18. The van der Waals surface area contributed by atoms with Crippen molar-refractivity contribution in [1.29, 1.82) is 0 Å². The molecule has 0 bridgehead atoms. The van der Waals surface area contributed by atoms with Crippen molar-refractivity contribution < 1.29 is 0 Å². The van der Waals surface area contributed by atoms with E-state index in [1.807, 2.05) is 18.3 Å². The summed E-state index contributed by atoms with van der Waals surface area (Å²) in [6.45, 7) is 2.79. The van der Waals surface area contributed by atoms with Gasteiger partial charge < -0.3 is 5.73 Å². The van der Waals surface area contributed by atoms with E-state index in [4.69, 9.17) is 5.73 Å². The minimum absolute atomic E-state index is 0.351. The zero-order valence-electron chi connectivity index (χ0n) is 11.7. The molecule has 104 valence electrons. The van der Waals surface area contributed by atoms with Crippen molar-refractivity contribution in [3.63, 3.8) is 0 Å². The molecule has 3 nitrogen and oxygen atoms in total. The fourth-order valence-corrected chi connectivity index (χ4v) is 3.05. The average molecular weight is 267 g/mol. The lowest BCUT2D eigenvalue weighted by Gasteiger charge is -2.36. The summed E-state index contributed by atoms with van der Waals surface area (Å²) in [5, 5.41) is 0. The molecule has 1 aliphatic rings. The highest BCUT2D eigenvalue weighted by Crippen LogP contribution is 2.28. The molecule has 0 radical (unpaired) electrons. The molecule has 0 saturated carbocycles. The van der Waals surface area contributed by atoms with Crippen molar-refractivity contribution in [3.8, 4) is 0 Å². The molecule has 1 atom stereocenters. The lowest BCUT2D eigenvalue weighted by atomic mass is 9.92. The third-order valence-corrected chi connectivity index (χ3v) is 4.13. The molecule has 1 aromatic heterocycles. The first kappa shape index (κ1) is 13.3. The number of aromatic nitrogens is 1. The summed E-state index contributed by atoms with van der Waals surface area (Å²) in [6, 6.07) is 15.1. The quantitative estimate of drug-likeness (QED) is 0.923. The van der Waals surface area contributed by atoms with Gasteiger partial charge >= 0.3 is 0 Å². The van der Waals surface area contributed by atoms with Gasteiger partial charge in [0.05, 0.1) is 0 Å². The van der Waals surface area contributed by atoms with Crippen molar-refractivity contribution in [3.05, 3.63) is 65.5 Å². The van der Waals surface area contributed by atoms with E-state index in [0.29, 0.717) is 12.6 Å². The van der Waals surface area contributed by atoms with Crippen molar-refractivity contribution in [1.82, 2.24) is 9.88 Å². The Kier molecular flexibility index (Phi) is 4.09. The Bertz CT molecular complexity index is 553. The van der Waals surface area contributed by atoms with E-state index in [0.717, 1.165) is 31.6 Å². The number of benzene rings is 1. The largest absolute Gasteiger partial charge is 0.329 e. The van der Waals surface area contributed by atoms with Gasteiger partial charge in [0.15, 0.2) is 0 Å². The van der Waals surface area contributed by atoms with Gasteiger partial charge in [-0.15, -0.1) is 0 Å². The van der Waals surface area contributed by atoms with E-state index in [9.17, 15) is 0 Å². The van der Waals surface area contributed by atoms with Crippen molar-refractivity contribution in [2.75, 3.05) is 19.6 Å². The normalized spacial score (nSPS) is 18.8. The first-order chi connectivity index (χ1) is 9.88. The second-order valence-corrected chi connectivity index (χ2v) is 5.31. The molecule has 3 rings (SSSR count). The van der Waals surface area contributed by atoms with Crippen LogP contribution in [0.5, 0.6) is 0 Å². The summed E-state index contributed by atoms with van der Waals surface area (Å²) in [7, 11) is 0. The Hall–Kier alpha value is -1.71. The van der Waals surface area contributed by atoms with Gasteiger partial charge in [0, 0.05) is 44.0 Å². The van der Waals surface area contributed by atoms with Crippen LogP contribution in [-0.2, 0) is 12.8 Å². The molecule has 20 heavy (non-hydrogen) atoms. The summed E-state index contributed by atoms with van der Waals surface area (Å²) >= 11 is 0. The standard InChI is InChI=1S/C17H21N3/c18-13-17-16-7-2-1-5-14(16)8-11-20(17)12-9-15-6-3-4-10-19-15/h1-7,10,17H,8-9,11-13,18H2. The average Bonchev–Trinajstić information content (AvgIpc) is 2.53. The number of fused-ring (bicyclic) bond motifs is 1. The van der Waals surface area contributed by atoms with Gasteiger partial charge in [-0.25, -0.2) is 0 Å². The second-order valence-electron chi connectivity index (χ2n) is 5.31. The molecule has 0 fully saturated rings. The van der Waals surface area contributed by atoms with E-state index >= 15 is 0 Å². The molecule has 1 unspecified atom stereocenters. The fourth-order valence-electron chi connectivity index (χ4n) is 3.05. The highest BCUT2D eigenvalue weighted by molar-refractivity contribution is 5.32. The van der Waals surface area contributed by atoms with Crippen LogP contribution in [-0.4, -0.2) is 29.5 Å². The van der Waals surface area contributed by atoms with Gasteiger partial charge in [0.25, 0.3) is 0 Å². The molecule has 2 aromatic rings. The zero-order chi connectivity index (χ0) is 13.8. The van der Waals surface area contributed by atoms with Crippen molar-refractivity contribution in [2.45, 2.75) is 18.9 Å². The Morgan fingerprint density at radius 1 is 1.15 bits per heavy atom. The van der Waals surface area contributed by atoms with Gasteiger partial charge in [-0.05, 0) is 29.7 Å². The SMILES string of the molecule is NCC1c2ccccc2CCN1CCc1ccccn1. The van der Waals surface area contributed by atoms with E-state index in [2.05, 4.69) is 40.2 Å². The van der Waals surface area contributed by atoms with Crippen LogP contribution in [0, 0.1) is 0 Å². The molecule has 0 amide bonds. The van der Waals surface area contributed by atoms with E-state index < -0.39 is 0 Å². The summed E-state index contributed by atoms with van der Waals surface area (Å²) in [5.74, 6) is 0. The molecule has 2 N–H and O–H groups in total. The lowest BCUT2D eigenvalue weighted by Crippen LogP contribution is -2.40. The summed E-state index contributed by atoms with van der Waals surface area (Å²) in [5.41, 5.74) is 10.0. The van der Waals surface area contributed by atoms with Gasteiger partial charge in [-0.3, -0.25) is 9.88 Å². The number of nitrogens with two attached hydrogens (primary N) is 1. The first-order valence-corrected chi connectivity index (χ1v) is 7.30. The summed E-state index contributed by atoms with van der Waals surface area (Å²) in [4.78, 5) is 6.90. The topological polar surface area (TPSA) is 42.1 Å². The van der Waals surface area contributed by atoms with Gasteiger partial charge in [-0.2, -0.15) is 0 Å². The van der Waals surface area contributed by atoms with Crippen molar-refractivity contribution >= 4 is 0 Å². The number of hydrogen-bond donors (Lipinski definition) is 1. The minimum Gasteiger partial charge on any atom is -0.329 e. The molecular weight excluding hydrogens is 246 g/mol. The zero-order valence-corrected chi connectivity index (χ0v) is 11.7. The molecule has 1 aliphatic heterocycles. The molecule has 0 saturated heterocycles. The Morgan fingerprint density at radius 3 is 2.80 bits per heavy atom. The molecular formula is C17H21N3. The summed E-state index contributed by atoms with van der Waals surface area (Å²) in [6.07, 6.45) is 3.97. The number of rotatable bonds is 4. The van der Waals surface area contributed by atoms with E-state index in [1.165, 1.54) is 11.1 Å². The predicted molar refractivity (Wildman–Crippen MR) is 81.5 cm³/mol. The third-order valence-electron chi connectivity index (χ3n) is 4.13. The van der Waals surface area contributed by atoms with Crippen molar-refractivity contribution in [2.24, 2.45) is 5.73 Å². The fraction of sp³-hybridized carbons (Fsp3) is 0.353. The van der Waals surface area contributed by atoms with Crippen LogP contribution in [0.2, 0.25) is 0 Å². The molecule has 1 aromatic carbocycles. The third kappa shape index (κ3) is 2.74. The number of nitrogens with zero attached hydrogens (tertiary/aromatic N) is 2. The molecule has 3 heteroatoms. The van der Waals surface area contributed by atoms with Crippen LogP contribution < -0.4 is 5.73 Å². The number of pyridine rings is 1. The maximum Gasteiger partial charge on any atom is 0.0473 e. The monoisotopic (exact) mass is 267 g/mol. The minimum atomic E-state index is 0.351. The maximum absolute atomic E-state index is 6.02. The van der Waals surface area contributed by atoms with E-state index in [1.54, 1.807) is 0 Å².